The smallest absolute Gasteiger partial charge is 0.274 e. The molecule has 1 atom stereocenters. The first kappa shape index (κ1) is 26.4. The van der Waals surface area contributed by atoms with E-state index in [2.05, 4.69) is 54.7 Å². The minimum Gasteiger partial charge on any atom is -0.321 e. The Morgan fingerprint density at radius 1 is 1.30 bits per heavy atom. The highest BCUT2D eigenvalue weighted by atomic mass is 35.5. The summed E-state index contributed by atoms with van der Waals surface area (Å²) in [5.41, 5.74) is 3.78. The Morgan fingerprint density at radius 3 is 2.90 bits per heavy atom. The highest BCUT2D eigenvalue weighted by Gasteiger charge is 2.49. The Kier molecular flexibility index (Phi) is 7.02. The van der Waals surface area contributed by atoms with E-state index in [9.17, 15) is 10.1 Å². The van der Waals surface area contributed by atoms with E-state index >= 15 is 0 Å². The molecule has 1 saturated heterocycles. The molecule has 0 radical (unpaired) electrons. The number of pyridine rings is 1. The minimum atomic E-state index is -0.353. The van der Waals surface area contributed by atoms with Gasteiger partial charge in [0.15, 0.2) is 5.15 Å². The molecular weight excluding hydrogens is 526 g/mol. The minimum absolute atomic E-state index is 0.294. The van der Waals surface area contributed by atoms with Gasteiger partial charge in [-0.15, -0.1) is 10.2 Å². The topological polar surface area (TPSA) is 128 Å². The maximum absolute atomic E-state index is 13.5. The molecule has 206 valence electrons. The molecule has 0 unspecified atom stereocenters. The summed E-state index contributed by atoms with van der Waals surface area (Å²) in [5.74, 6) is 1.49. The van der Waals surface area contributed by atoms with Crippen LogP contribution in [0.15, 0.2) is 36.7 Å². The first-order chi connectivity index (χ1) is 19.4. The van der Waals surface area contributed by atoms with E-state index in [0.29, 0.717) is 52.4 Å². The van der Waals surface area contributed by atoms with Gasteiger partial charge in [0.05, 0.1) is 11.5 Å². The number of amides is 1. The van der Waals surface area contributed by atoms with Crippen LogP contribution in [0.25, 0.3) is 11.0 Å². The molecule has 11 heteroatoms. The van der Waals surface area contributed by atoms with Crippen LogP contribution in [0, 0.1) is 23.2 Å². The van der Waals surface area contributed by atoms with Crippen molar-refractivity contribution in [2.75, 3.05) is 18.4 Å². The lowest BCUT2D eigenvalue weighted by atomic mass is 9.57. The number of fused-ring (bicyclic) bond motifs is 1. The van der Waals surface area contributed by atoms with Crippen molar-refractivity contribution < 1.29 is 4.79 Å². The summed E-state index contributed by atoms with van der Waals surface area (Å²) < 4.78 is 1.94. The number of H-pyrrole nitrogens is 1. The van der Waals surface area contributed by atoms with Gasteiger partial charge in [-0.2, -0.15) is 10.4 Å². The lowest BCUT2D eigenvalue weighted by molar-refractivity contribution is 0.102. The molecule has 0 spiro atoms. The standard InChI is InChI=1S/C29H32ClN9O/c1-18-5-4-10-39(15-18)16-20-11-23(34-25-24(20)35-36-26(25)30)27(40)33-22-7-3-6-21(12-22)29(13-19(14-29)8-9-31)28-37-32-17-38(28)2/h3,6-7,11-12,17-19H,4-5,8,10,13-16H2,1-2H3,(H,33,40)(H,35,36)/t18-,19?,29?/m0/s1. The predicted molar refractivity (Wildman–Crippen MR) is 152 cm³/mol. The first-order valence-electron chi connectivity index (χ1n) is 13.8. The van der Waals surface area contributed by atoms with Crippen LogP contribution in [0.4, 0.5) is 5.69 Å². The monoisotopic (exact) mass is 557 g/mol. The lowest BCUT2D eigenvalue weighted by Crippen LogP contribution is -2.44. The molecule has 40 heavy (non-hydrogen) atoms. The molecule has 2 fully saturated rings. The molecule has 1 amide bonds. The summed E-state index contributed by atoms with van der Waals surface area (Å²) >= 11 is 6.38. The van der Waals surface area contributed by atoms with E-state index < -0.39 is 0 Å². The molecule has 3 aromatic heterocycles. The highest BCUT2D eigenvalue weighted by molar-refractivity contribution is 6.33. The Hall–Kier alpha value is -3.81. The van der Waals surface area contributed by atoms with E-state index in [1.807, 2.05) is 35.9 Å². The fraction of sp³-hybridized carbons (Fsp3) is 0.448. The van der Waals surface area contributed by atoms with Gasteiger partial charge in [0.2, 0.25) is 0 Å². The number of hydrogen-bond donors (Lipinski definition) is 2. The van der Waals surface area contributed by atoms with Crippen LogP contribution in [0.2, 0.25) is 5.15 Å². The van der Waals surface area contributed by atoms with Crippen LogP contribution in [-0.4, -0.2) is 53.8 Å². The second kappa shape index (κ2) is 10.6. The van der Waals surface area contributed by atoms with Crippen molar-refractivity contribution in [2.45, 2.75) is 51.0 Å². The Bertz CT molecular complexity index is 1600. The summed E-state index contributed by atoms with van der Waals surface area (Å²) in [6.07, 6.45) is 6.22. The summed E-state index contributed by atoms with van der Waals surface area (Å²) in [4.78, 5) is 20.5. The highest BCUT2D eigenvalue weighted by Crippen LogP contribution is 2.53. The zero-order valence-electron chi connectivity index (χ0n) is 22.7. The van der Waals surface area contributed by atoms with Crippen molar-refractivity contribution in [3.8, 4) is 6.07 Å². The van der Waals surface area contributed by atoms with E-state index in [0.717, 1.165) is 49.3 Å². The van der Waals surface area contributed by atoms with Gasteiger partial charge in [-0.1, -0.05) is 30.7 Å². The molecule has 0 bridgehead atoms. The van der Waals surface area contributed by atoms with Gasteiger partial charge in [-0.05, 0) is 73.4 Å². The Morgan fingerprint density at radius 2 is 2.15 bits per heavy atom. The van der Waals surface area contributed by atoms with Gasteiger partial charge < -0.3 is 9.88 Å². The number of nitriles is 1. The van der Waals surface area contributed by atoms with Gasteiger partial charge in [0.25, 0.3) is 5.91 Å². The zero-order valence-corrected chi connectivity index (χ0v) is 23.4. The van der Waals surface area contributed by atoms with Gasteiger partial charge in [-0.3, -0.25) is 14.8 Å². The maximum Gasteiger partial charge on any atom is 0.274 e. The van der Waals surface area contributed by atoms with E-state index in [1.54, 1.807) is 6.33 Å². The second-order valence-corrected chi connectivity index (χ2v) is 11.8. The molecule has 2 N–H and O–H groups in total. The number of benzene rings is 1. The normalized spacial score (nSPS) is 23.1. The predicted octanol–water partition coefficient (Wildman–Crippen LogP) is 4.83. The molecule has 1 saturated carbocycles. The van der Waals surface area contributed by atoms with Crippen LogP contribution in [0.3, 0.4) is 0 Å². The number of aromatic nitrogens is 6. The number of piperidine rings is 1. The third-order valence-electron chi connectivity index (χ3n) is 8.38. The van der Waals surface area contributed by atoms with E-state index in [1.165, 1.54) is 6.42 Å². The number of carbonyl (C=O) groups excluding carboxylic acids is 1. The second-order valence-electron chi connectivity index (χ2n) is 11.4. The van der Waals surface area contributed by atoms with Crippen molar-refractivity contribution in [3.05, 3.63) is 64.5 Å². The summed E-state index contributed by atoms with van der Waals surface area (Å²) in [6.45, 7) is 4.99. The van der Waals surface area contributed by atoms with Gasteiger partial charge in [0, 0.05) is 32.2 Å². The van der Waals surface area contributed by atoms with Crippen molar-refractivity contribution in [1.82, 2.24) is 34.8 Å². The van der Waals surface area contributed by atoms with E-state index in [4.69, 9.17) is 11.6 Å². The molecule has 1 aliphatic carbocycles. The molecule has 1 aliphatic heterocycles. The lowest BCUT2D eigenvalue weighted by Gasteiger charge is -2.46. The molecular formula is C29H32ClN9O. The number of anilines is 1. The first-order valence-corrected chi connectivity index (χ1v) is 14.1. The van der Waals surface area contributed by atoms with Crippen molar-refractivity contribution in [1.29, 1.82) is 5.26 Å². The number of likely N-dealkylation sites (tertiary alicyclic amines) is 1. The number of hydrogen-bond acceptors (Lipinski definition) is 7. The average Bonchev–Trinajstić information content (AvgIpc) is 3.52. The fourth-order valence-electron chi connectivity index (χ4n) is 6.49. The SMILES string of the molecule is C[C@H]1CCCN(Cc2cc(C(=O)Nc3cccc(C4(c5nncn5C)CC(CC#N)C4)c3)nc3c(Cl)[nH]nc23)C1. The van der Waals surface area contributed by atoms with Gasteiger partial charge in [-0.25, -0.2) is 4.98 Å². The van der Waals surface area contributed by atoms with Crippen LogP contribution in [0.5, 0.6) is 0 Å². The van der Waals surface area contributed by atoms with Crippen LogP contribution < -0.4 is 5.32 Å². The Balaban J connectivity index is 1.28. The van der Waals surface area contributed by atoms with Crippen LogP contribution >= 0.6 is 11.6 Å². The zero-order chi connectivity index (χ0) is 27.9. The van der Waals surface area contributed by atoms with Crippen molar-refractivity contribution >= 4 is 34.2 Å². The third-order valence-corrected chi connectivity index (χ3v) is 8.64. The molecule has 4 heterocycles. The largest absolute Gasteiger partial charge is 0.321 e. The number of carbonyl (C=O) groups is 1. The molecule has 2 aliphatic rings. The van der Waals surface area contributed by atoms with E-state index in [-0.39, 0.29) is 11.3 Å². The summed E-state index contributed by atoms with van der Waals surface area (Å²) in [6, 6.07) is 12.0. The molecule has 4 aromatic rings. The average molecular weight is 558 g/mol. The number of halogens is 1. The van der Waals surface area contributed by atoms with Crippen molar-refractivity contribution in [2.24, 2.45) is 18.9 Å². The molecule has 6 rings (SSSR count). The summed E-state index contributed by atoms with van der Waals surface area (Å²) in [7, 11) is 1.94. The number of nitrogens with zero attached hydrogens (tertiary/aromatic N) is 7. The summed E-state index contributed by atoms with van der Waals surface area (Å²) in [5, 5.41) is 28.3. The number of aryl methyl sites for hydroxylation is 1. The fourth-order valence-corrected chi connectivity index (χ4v) is 6.66. The molecule has 1 aromatic carbocycles. The quantitative estimate of drug-likeness (QED) is 0.333. The Labute approximate surface area is 237 Å². The van der Waals surface area contributed by atoms with Crippen molar-refractivity contribution in [3.63, 3.8) is 0 Å². The van der Waals surface area contributed by atoms with Gasteiger partial charge >= 0.3 is 0 Å². The number of nitrogens with one attached hydrogen (secondary N) is 2. The number of aromatic amines is 1. The van der Waals surface area contributed by atoms with Gasteiger partial charge in [0.1, 0.15) is 28.9 Å². The van der Waals surface area contributed by atoms with Crippen LogP contribution in [0.1, 0.15) is 66.5 Å². The van der Waals surface area contributed by atoms with Crippen LogP contribution in [-0.2, 0) is 19.0 Å². The third kappa shape index (κ3) is 4.84. The number of rotatable bonds is 7. The maximum atomic E-state index is 13.5. The molecule has 10 nitrogen and oxygen atoms in total.